The molecule has 0 aliphatic carbocycles. The van der Waals surface area contributed by atoms with E-state index in [1.165, 1.54) is 24.7 Å². The highest BCUT2D eigenvalue weighted by atomic mass is 32.2. The van der Waals surface area contributed by atoms with Gasteiger partial charge in [0.2, 0.25) is 0 Å². The molecule has 1 atom stereocenters. The smallest absolute Gasteiger partial charge is 0.348 e. The standard InChI is InChI=1S/C11H15NO4S2/c1-16-11(13)9-5-4-8(17-9)10(18(2,14)15)12-6-3-7-12/h4-5,10H,3,6-7H2,1-2H3. The van der Waals surface area contributed by atoms with Gasteiger partial charge in [-0.3, -0.25) is 4.90 Å². The van der Waals surface area contributed by atoms with E-state index in [9.17, 15) is 13.2 Å². The number of nitrogens with zero attached hydrogens (tertiary/aromatic N) is 1. The Bertz CT molecular complexity index is 545. The minimum absolute atomic E-state index is 0.429. The minimum atomic E-state index is -3.21. The maximum Gasteiger partial charge on any atom is 0.348 e. The average Bonchev–Trinajstić information content (AvgIpc) is 2.69. The normalized spacial score (nSPS) is 18.1. The molecule has 2 rings (SSSR count). The summed E-state index contributed by atoms with van der Waals surface area (Å²) in [4.78, 5) is 14.4. The number of rotatable bonds is 4. The molecule has 1 aliphatic heterocycles. The highest BCUT2D eigenvalue weighted by Crippen LogP contribution is 2.34. The summed E-state index contributed by atoms with van der Waals surface area (Å²) in [6, 6.07) is 3.31. The quantitative estimate of drug-likeness (QED) is 0.781. The summed E-state index contributed by atoms with van der Waals surface area (Å²) in [5.41, 5.74) is 0. The van der Waals surface area contributed by atoms with Gasteiger partial charge in [-0.05, 0) is 18.6 Å². The number of sulfone groups is 1. The van der Waals surface area contributed by atoms with Crippen molar-refractivity contribution in [3.8, 4) is 0 Å². The molecule has 5 nitrogen and oxygen atoms in total. The molecule has 0 aromatic carbocycles. The number of carbonyl (C=O) groups is 1. The van der Waals surface area contributed by atoms with Crippen LogP contribution in [0, 0.1) is 0 Å². The zero-order valence-electron chi connectivity index (χ0n) is 10.3. The monoisotopic (exact) mass is 289 g/mol. The first kappa shape index (κ1) is 13.5. The van der Waals surface area contributed by atoms with E-state index in [1.807, 2.05) is 4.90 Å². The van der Waals surface area contributed by atoms with Gasteiger partial charge in [0.05, 0.1) is 7.11 Å². The summed E-state index contributed by atoms with van der Waals surface area (Å²) in [5.74, 6) is -0.429. The summed E-state index contributed by atoms with van der Waals surface area (Å²) in [5, 5.41) is -0.630. The van der Waals surface area contributed by atoms with Crippen LogP contribution < -0.4 is 0 Å². The molecular formula is C11H15NO4S2. The first-order valence-electron chi connectivity index (χ1n) is 5.54. The van der Waals surface area contributed by atoms with Crippen LogP contribution >= 0.6 is 11.3 Å². The zero-order valence-corrected chi connectivity index (χ0v) is 11.9. The van der Waals surface area contributed by atoms with Crippen molar-refractivity contribution in [1.82, 2.24) is 4.90 Å². The highest BCUT2D eigenvalue weighted by Gasteiger charge is 2.34. The molecule has 18 heavy (non-hydrogen) atoms. The number of hydrogen-bond acceptors (Lipinski definition) is 6. The van der Waals surface area contributed by atoms with Crippen LogP contribution in [-0.4, -0.2) is 45.7 Å². The lowest BCUT2D eigenvalue weighted by Crippen LogP contribution is -2.42. The van der Waals surface area contributed by atoms with Crippen molar-refractivity contribution in [3.63, 3.8) is 0 Å². The second-order valence-corrected chi connectivity index (χ2v) is 7.49. The lowest BCUT2D eigenvalue weighted by Gasteiger charge is -2.36. The van der Waals surface area contributed by atoms with E-state index in [0.717, 1.165) is 19.5 Å². The summed E-state index contributed by atoms with van der Waals surface area (Å²) in [6.45, 7) is 1.56. The number of hydrogen-bond donors (Lipinski definition) is 0. The van der Waals surface area contributed by atoms with Crippen molar-refractivity contribution in [1.29, 1.82) is 0 Å². The van der Waals surface area contributed by atoms with Crippen LogP contribution in [0.3, 0.4) is 0 Å². The largest absolute Gasteiger partial charge is 0.465 e. The Labute approximate surface area is 110 Å². The Morgan fingerprint density at radius 2 is 2.11 bits per heavy atom. The van der Waals surface area contributed by atoms with Crippen LogP contribution in [0.2, 0.25) is 0 Å². The third-order valence-electron chi connectivity index (χ3n) is 2.88. The third-order valence-corrected chi connectivity index (χ3v) is 5.51. The fraction of sp³-hybridized carbons (Fsp3) is 0.545. The Kier molecular flexibility index (Phi) is 3.74. The van der Waals surface area contributed by atoms with E-state index < -0.39 is 21.2 Å². The van der Waals surface area contributed by atoms with Crippen molar-refractivity contribution in [2.75, 3.05) is 26.5 Å². The molecule has 1 aromatic heterocycles. The molecule has 0 spiro atoms. The molecule has 1 aromatic rings. The summed E-state index contributed by atoms with van der Waals surface area (Å²) in [7, 11) is -1.90. The molecule has 1 saturated heterocycles. The van der Waals surface area contributed by atoms with Gasteiger partial charge in [-0.2, -0.15) is 0 Å². The second kappa shape index (κ2) is 4.99. The molecule has 0 bridgehead atoms. The van der Waals surface area contributed by atoms with Gasteiger partial charge < -0.3 is 4.74 Å². The molecule has 0 N–H and O–H groups in total. The van der Waals surface area contributed by atoms with E-state index >= 15 is 0 Å². The minimum Gasteiger partial charge on any atom is -0.465 e. The van der Waals surface area contributed by atoms with E-state index in [4.69, 9.17) is 0 Å². The SMILES string of the molecule is COC(=O)c1ccc(C(N2CCC2)S(C)(=O)=O)s1. The van der Waals surface area contributed by atoms with Crippen LogP contribution in [-0.2, 0) is 14.6 Å². The van der Waals surface area contributed by atoms with Crippen molar-refractivity contribution in [2.24, 2.45) is 0 Å². The number of carbonyl (C=O) groups excluding carboxylic acids is 1. The van der Waals surface area contributed by atoms with Crippen LogP contribution in [0.25, 0.3) is 0 Å². The molecule has 0 amide bonds. The van der Waals surface area contributed by atoms with Crippen LogP contribution in [0.5, 0.6) is 0 Å². The van der Waals surface area contributed by atoms with Gasteiger partial charge in [-0.25, -0.2) is 13.2 Å². The van der Waals surface area contributed by atoms with Crippen molar-refractivity contribution >= 4 is 27.1 Å². The first-order chi connectivity index (χ1) is 8.43. The van der Waals surface area contributed by atoms with E-state index in [1.54, 1.807) is 12.1 Å². The maximum atomic E-state index is 11.9. The molecule has 100 valence electrons. The van der Waals surface area contributed by atoms with Gasteiger partial charge in [-0.1, -0.05) is 0 Å². The lowest BCUT2D eigenvalue weighted by molar-refractivity contribution is 0.0606. The van der Waals surface area contributed by atoms with Crippen LogP contribution in [0.4, 0.5) is 0 Å². The van der Waals surface area contributed by atoms with Gasteiger partial charge in [0.25, 0.3) is 0 Å². The van der Waals surface area contributed by atoms with Gasteiger partial charge in [-0.15, -0.1) is 11.3 Å². The molecule has 1 aliphatic rings. The Morgan fingerprint density at radius 1 is 1.44 bits per heavy atom. The number of likely N-dealkylation sites (tertiary alicyclic amines) is 1. The predicted molar refractivity (Wildman–Crippen MR) is 69.4 cm³/mol. The fourth-order valence-corrected chi connectivity index (χ4v) is 4.80. The summed E-state index contributed by atoms with van der Waals surface area (Å²) >= 11 is 1.18. The molecule has 2 heterocycles. The molecular weight excluding hydrogens is 274 g/mol. The molecule has 0 radical (unpaired) electrons. The number of methoxy groups -OCH3 is 1. The Hall–Kier alpha value is -0.920. The topological polar surface area (TPSA) is 63.7 Å². The van der Waals surface area contributed by atoms with Crippen LogP contribution in [0.1, 0.15) is 26.3 Å². The number of esters is 1. The first-order valence-corrected chi connectivity index (χ1v) is 8.31. The molecule has 0 saturated carbocycles. The van der Waals surface area contributed by atoms with Gasteiger partial charge in [0, 0.05) is 24.2 Å². The second-order valence-electron chi connectivity index (χ2n) is 4.27. The maximum absolute atomic E-state index is 11.9. The predicted octanol–water partition coefficient (Wildman–Crippen LogP) is 1.28. The molecule has 1 unspecified atom stereocenters. The Morgan fingerprint density at radius 3 is 2.56 bits per heavy atom. The zero-order chi connectivity index (χ0) is 13.3. The van der Waals surface area contributed by atoms with Gasteiger partial charge in [0.15, 0.2) is 9.84 Å². The third kappa shape index (κ3) is 2.57. The summed E-state index contributed by atoms with van der Waals surface area (Å²) < 4.78 is 28.4. The fourth-order valence-electron chi connectivity index (χ4n) is 1.93. The van der Waals surface area contributed by atoms with Gasteiger partial charge >= 0.3 is 5.97 Å². The molecule has 1 fully saturated rings. The van der Waals surface area contributed by atoms with Crippen molar-refractivity contribution in [2.45, 2.75) is 11.8 Å². The summed E-state index contributed by atoms with van der Waals surface area (Å²) in [6.07, 6.45) is 2.24. The number of ether oxygens (including phenoxy) is 1. The number of thiophene rings is 1. The Balaban J connectivity index is 2.31. The highest BCUT2D eigenvalue weighted by molar-refractivity contribution is 7.91. The van der Waals surface area contributed by atoms with E-state index in [2.05, 4.69) is 4.74 Å². The van der Waals surface area contributed by atoms with Crippen molar-refractivity contribution in [3.05, 3.63) is 21.9 Å². The van der Waals surface area contributed by atoms with E-state index in [-0.39, 0.29) is 0 Å². The lowest BCUT2D eigenvalue weighted by atomic mass is 10.2. The van der Waals surface area contributed by atoms with Gasteiger partial charge in [0.1, 0.15) is 10.3 Å². The van der Waals surface area contributed by atoms with Crippen LogP contribution in [0.15, 0.2) is 12.1 Å². The van der Waals surface area contributed by atoms with Crippen molar-refractivity contribution < 1.29 is 17.9 Å². The average molecular weight is 289 g/mol. The molecule has 7 heteroatoms. The van der Waals surface area contributed by atoms with E-state index in [0.29, 0.717) is 9.75 Å².